The fourth-order valence-corrected chi connectivity index (χ4v) is 2.00. The first kappa shape index (κ1) is 9.15. The monoisotopic (exact) mass is 185 g/mol. The second kappa shape index (κ2) is 4.19. The van der Waals surface area contributed by atoms with Crippen molar-refractivity contribution >= 4 is 5.69 Å². The maximum atomic E-state index is 5.35. The molecule has 14 heavy (non-hydrogen) atoms. The van der Waals surface area contributed by atoms with Crippen molar-refractivity contribution in [2.24, 2.45) is 0 Å². The number of terminal acetylenes is 1. The highest BCUT2D eigenvalue weighted by Crippen LogP contribution is 2.22. The van der Waals surface area contributed by atoms with Gasteiger partial charge in [-0.2, -0.15) is 0 Å². The predicted octanol–water partition coefficient (Wildman–Crippen LogP) is 3.02. The molecule has 0 spiro atoms. The molecule has 0 aromatic heterocycles. The second-order valence-electron chi connectivity index (χ2n) is 3.85. The summed E-state index contributed by atoms with van der Waals surface area (Å²) < 4.78 is 0. The van der Waals surface area contributed by atoms with Crippen molar-refractivity contribution in [3.63, 3.8) is 0 Å². The summed E-state index contributed by atoms with van der Waals surface area (Å²) in [6.07, 6.45) is 10.6. The van der Waals surface area contributed by atoms with Crippen LogP contribution in [0.4, 0.5) is 5.69 Å². The number of benzene rings is 1. The van der Waals surface area contributed by atoms with Crippen LogP contribution in [0.1, 0.15) is 31.2 Å². The van der Waals surface area contributed by atoms with Crippen molar-refractivity contribution in [2.75, 3.05) is 5.32 Å². The Bertz CT molecular complexity index is 342. The van der Waals surface area contributed by atoms with Gasteiger partial charge in [0.15, 0.2) is 0 Å². The molecule has 1 aliphatic rings. The van der Waals surface area contributed by atoms with Gasteiger partial charge >= 0.3 is 0 Å². The molecule has 0 atom stereocenters. The van der Waals surface area contributed by atoms with E-state index in [0.717, 1.165) is 11.3 Å². The van der Waals surface area contributed by atoms with Crippen molar-refractivity contribution in [1.82, 2.24) is 0 Å². The van der Waals surface area contributed by atoms with Crippen molar-refractivity contribution in [2.45, 2.75) is 31.7 Å². The molecule has 1 fully saturated rings. The van der Waals surface area contributed by atoms with Gasteiger partial charge in [-0.05, 0) is 31.0 Å². The molecule has 0 aliphatic heterocycles. The maximum Gasteiger partial charge on any atom is 0.0354 e. The zero-order chi connectivity index (χ0) is 9.80. The molecule has 72 valence electrons. The third-order valence-electron chi connectivity index (χ3n) is 2.76. The van der Waals surface area contributed by atoms with Crippen LogP contribution in [0.3, 0.4) is 0 Å². The first-order chi connectivity index (χ1) is 6.88. The molecule has 1 saturated carbocycles. The average molecular weight is 185 g/mol. The minimum Gasteiger partial charge on any atom is -0.382 e. The molecule has 1 aromatic rings. The van der Waals surface area contributed by atoms with E-state index in [-0.39, 0.29) is 0 Å². The van der Waals surface area contributed by atoms with E-state index >= 15 is 0 Å². The van der Waals surface area contributed by atoms with E-state index in [0.29, 0.717) is 6.04 Å². The van der Waals surface area contributed by atoms with Crippen LogP contribution in [-0.4, -0.2) is 6.04 Å². The van der Waals surface area contributed by atoms with Crippen LogP contribution in [0.15, 0.2) is 24.3 Å². The fourth-order valence-electron chi connectivity index (χ4n) is 2.00. The maximum absolute atomic E-state index is 5.35. The van der Waals surface area contributed by atoms with Gasteiger partial charge in [-0.3, -0.25) is 0 Å². The van der Waals surface area contributed by atoms with Crippen LogP contribution in [0.5, 0.6) is 0 Å². The molecule has 1 heteroatoms. The summed E-state index contributed by atoms with van der Waals surface area (Å²) in [6.45, 7) is 0. The molecular formula is C13H15N. The topological polar surface area (TPSA) is 12.0 Å². The Morgan fingerprint density at radius 3 is 2.79 bits per heavy atom. The quantitative estimate of drug-likeness (QED) is 0.698. The summed E-state index contributed by atoms with van der Waals surface area (Å²) in [5.74, 6) is 2.65. The SMILES string of the molecule is C#Cc1cccc(NC2CCCC2)c1. The zero-order valence-corrected chi connectivity index (χ0v) is 8.29. The highest BCUT2D eigenvalue weighted by molar-refractivity contribution is 5.50. The largest absolute Gasteiger partial charge is 0.382 e. The first-order valence-electron chi connectivity index (χ1n) is 5.22. The van der Waals surface area contributed by atoms with E-state index in [1.807, 2.05) is 18.2 Å². The fraction of sp³-hybridized carbons (Fsp3) is 0.385. The van der Waals surface area contributed by atoms with Gasteiger partial charge in [0.1, 0.15) is 0 Å². The van der Waals surface area contributed by atoms with Gasteiger partial charge < -0.3 is 5.32 Å². The summed E-state index contributed by atoms with van der Waals surface area (Å²) >= 11 is 0. The zero-order valence-electron chi connectivity index (χ0n) is 8.29. The highest BCUT2D eigenvalue weighted by Gasteiger charge is 2.13. The minimum absolute atomic E-state index is 0.656. The van der Waals surface area contributed by atoms with Crippen molar-refractivity contribution in [3.05, 3.63) is 29.8 Å². The lowest BCUT2D eigenvalue weighted by Gasteiger charge is -2.13. The molecule has 1 aromatic carbocycles. The van der Waals surface area contributed by atoms with Gasteiger partial charge in [-0.1, -0.05) is 24.8 Å². The number of nitrogens with one attached hydrogen (secondary N) is 1. The second-order valence-corrected chi connectivity index (χ2v) is 3.85. The van der Waals surface area contributed by atoms with Gasteiger partial charge in [0.2, 0.25) is 0 Å². The Labute approximate surface area is 85.5 Å². The molecule has 2 rings (SSSR count). The Morgan fingerprint density at radius 1 is 1.29 bits per heavy atom. The lowest BCUT2D eigenvalue weighted by atomic mass is 10.2. The number of rotatable bonds is 2. The van der Waals surface area contributed by atoms with Crippen LogP contribution in [0.2, 0.25) is 0 Å². The number of hydrogen-bond donors (Lipinski definition) is 1. The molecule has 0 radical (unpaired) electrons. The van der Waals surface area contributed by atoms with E-state index < -0.39 is 0 Å². The Kier molecular flexibility index (Phi) is 2.74. The van der Waals surface area contributed by atoms with Crippen molar-refractivity contribution in [3.8, 4) is 12.3 Å². The molecule has 0 unspecified atom stereocenters. The first-order valence-corrected chi connectivity index (χ1v) is 5.22. The van der Waals surface area contributed by atoms with Crippen molar-refractivity contribution in [1.29, 1.82) is 0 Å². The van der Waals surface area contributed by atoms with Gasteiger partial charge in [-0.25, -0.2) is 0 Å². The summed E-state index contributed by atoms with van der Waals surface area (Å²) in [5, 5.41) is 3.52. The summed E-state index contributed by atoms with van der Waals surface area (Å²) in [7, 11) is 0. The molecular weight excluding hydrogens is 170 g/mol. The molecule has 1 nitrogen and oxygen atoms in total. The molecule has 0 amide bonds. The van der Waals surface area contributed by atoms with Crippen LogP contribution >= 0.6 is 0 Å². The van der Waals surface area contributed by atoms with Crippen LogP contribution in [-0.2, 0) is 0 Å². The van der Waals surface area contributed by atoms with Crippen LogP contribution < -0.4 is 5.32 Å². The van der Waals surface area contributed by atoms with Crippen LogP contribution in [0, 0.1) is 12.3 Å². The average Bonchev–Trinajstić information content (AvgIpc) is 2.71. The van der Waals surface area contributed by atoms with E-state index in [1.54, 1.807) is 0 Å². The van der Waals surface area contributed by atoms with Gasteiger partial charge in [-0.15, -0.1) is 6.42 Å². The Morgan fingerprint density at radius 2 is 2.07 bits per heavy atom. The summed E-state index contributed by atoms with van der Waals surface area (Å²) in [4.78, 5) is 0. The normalized spacial score (nSPS) is 16.5. The Balaban J connectivity index is 2.05. The van der Waals surface area contributed by atoms with E-state index in [2.05, 4.69) is 17.3 Å². The molecule has 0 heterocycles. The molecule has 0 saturated heterocycles. The highest BCUT2D eigenvalue weighted by atomic mass is 14.9. The molecule has 1 N–H and O–H groups in total. The third-order valence-corrected chi connectivity index (χ3v) is 2.76. The lowest BCUT2D eigenvalue weighted by Crippen LogP contribution is -2.14. The van der Waals surface area contributed by atoms with Crippen LogP contribution in [0.25, 0.3) is 0 Å². The van der Waals surface area contributed by atoms with Gasteiger partial charge in [0.05, 0.1) is 0 Å². The standard InChI is InChI=1S/C13H15N/c1-2-11-6-5-9-13(10-11)14-12-7-3-4-8-12/h1,5-6,9-10,12,14H,3-4,7-8H2. The number of anilines is 1. The lowest BCUT2D eigenvalue weighted by molar-refractivity contribution is 0.755. The van der Waals surface area contributed by atoms with Crippen molar-refractivity contribution < 1.29 is 0 Å². The van der Waals surface area contributed by atoms with E-state index in [9.17, 15) is 0 Å². The van der Waals surface area contributed by atoms with Gasteiger partial charge in [0.25, 0.3) is 0 Å². The third kappa shape index (κ3) is 2.09. The summed E-state index contributed by atoms with van der Waals surface area (Å²) in [6, 6.07) is 8.74. The predicted molar refractivity (Wildman–Crippen MR) is 60.3 cm³/mol. The minimum atomic E-state index is 0.656. The number of hydrogen-bond acceptors (Lipinski definition) is 1. The Hall–Kier alpha value is -1.42. The summed E-state index contributed by atoms with van der Waals surface area (Å²) in [5.41, 5.74) is 2.11. The molecule has 0 bridgehead atoms. The van der Waals surface area contributed by atoms with E-state index in [4.69, 9.17) is 6.42 Å². The molecule has 1 aliphatic carbocycles. The van der Waals surface area contributed by atoms with E-state index in [1.165, 1.54) is 25.7 Å². The smallest absolute Gasteiger partial charge is 0.0354 e. The van der Waals surface area contributed by atoms with Gasteiger partial charge in [0, 0.05) is 17.3 Å².